The van der Waals surface area contributed by atoms with Gasteiger partial charge in [0.15, 0.2) is 17.3 Å². The van der Waals surface area contributed by atoms with Crippen LogP contribution in [0.3, 0.4) is 0 Å². The van der Waals surface area contributed by atoms with E-state index in [0.29, 0.717) is 34.8 Å². The first kappa shape index (κ1) is 26.1. The molecular formula is C26H29FN10O2. The Kier molecular flexibility index (Phi) is 6.91. The number of aromatic nitrogens is 5. The number of carbonyl (C=O) groups is 1. The van der Waals surface area contributed by atoms with Crippen molar-refractivity contribution < 1.29 is 13.7 Å². The van der Waals surface area contributed by atoms with Gasteiger partial charge in [-0.15, -0.1) is 5.11 Å². The molecule has 1 aliphatic rings. The molecule has 202 valence electrons. The van der Waals surface area contributed by atoms with Gasteiger partial charge in [-0.1, -0.05) is 25.9 Å². The van der Waals surface area contributed by atoms with Gasteiger partial charge in [0.1, 0.15) is 17.9 Å². The minimum Gasteiger partial charge on any atom is -0.359 e. The molecule has 12 nitrogen and oxygen atoms in total. The van der Waals surface area contributed by atoms with Crippen molar-refractivity contribution in [2.24, 2.45) is 10.2 Å². The number of hydrogen-bond donors (Lipinski definition) is 3. The molecule has 1 atom stereocenters. The summed E-state index contributed by atoms with van der Waals surface area (Å²) in [5.41, 5.74) is 0.144. The summed E-state index contributed by atoms with van der Waals surface area (Å²) in [5.74, 6) is 0.745. The average Bonchev–Trinajstić information content (AvgIpc) is 3.65. The molecule has 0 aliphatic carbocycles. The van der Waals surface area contributed by atoms with Gasteiger partial charge in [-0.3, -0.25) is 10.6 Å². The lowest BCUT2D eigenvalue weighted by atomic mass is 9.89. The highest BCUT2D eigenvalue weighted by atomic mass is 19.1. The van der Waals surface area contributed by atoms with E-state index >= 15 is 4.39 Å². The van der Waals surface area contributed by atoms with Crippen LogP contribution in [0.15, 0.2) is 64.2 Å². The Hall–Kier alpha value is -4.52. The van der Waals surface area contributed by atoms with E-state index in [1.807, 2.05) is 31.5 Å². The summed E-state index contributed by atoms with van der Waals surface area (Å²) in [6, 6.07) is 3.98. The number of hydrogen-bond acceptors (Lipinski definition) is 9. The van der Waals surface area contributed by atoms with Crippen LogP contribution in [0.1, 0.15) is 49.6 Å². The molecule has 1 aromatic carbocycles. The number of amides is 2. The fourth-order valence-corrected chi connectivity index (χ4v) is 4.30. The molecular weight excluding hydrogens is 503 g/mol. The molecule has 0 saturated carbocycles. The number of rotatable bonds is 8. The second-order valence-corrected chi connectivity index (χ2v) is 10.3. The van der Waals surface area contributed by atoms with Gasteiger partial charge >= 0.3 is 6.03 Å². The van der Waals surface area contributed by atoms with Crippen molar-refractivity contribution in [3.05, 3.63) is 77.7 Å². The lowest BCUT2D eigenvalue weighted by Crippen LogP contribution is -2.42. The van der Waals surface area contributed by atoms with Crippen LogP contribution in [-0.2, 0) is 17.6 Å². The number of nitrogens with zero attached hydrogens (tertiary/aromatic N) is 7. The predicted octanol–water partition coefficient (Wildman–Crippen LogP) is 5.03. The second kappa shape index (κ2) is 10.3. The van der Waals surface area contributed by atoms with E-state index in [-0.39, 0.29) is 16.9 Å². The SMILES string of the molecule is Cc1c(F)cc(NC(=O)Nc2cc(C(C)(C)C)on2)cc1C1(NCCCn2ccnc2)N=Nc2ncncc21. The Balaban J connectivity index is 1.41. The molecule has 0 spiro atoms. The number of benzene rings is 1. The molecule has 1 aliphatic heterocycles. The first-order valence-corrected chi connectivity index (χ1v) is 12.5. The van der Waals surface area contributed by atoms with Crippen LogP contribution in [0.5, 0.6) is 0 Å². The molecule has 0 bridgehead atoms. The van der Waals surface area contributed by atoms with Crippen LogP contribution in [0.2, 0.25) is 0 Å². The normalized spacial score (nSPS) is 16.3. The first-order valence-electron chi connectivity index (χ1n) is 12.5. The molecule has 3 aromatic heterocycles. The average molecular weight is 533 g/mol. The minimum atomic E-state index is -1.24. The third kappa shape index (κ3) is 5.39. The van der Waals surface area contributed by atoms with Crippen LogP contribution in [0, 0.1) is 12.7 Å². The van der Waals surface area contributed by atoms with Crippen molar-refractivity contribution in [2.45, 2.75) is 51.7 Å². The zero-order valence-corrected chi connectivity index (χ0v) is 22.1. The summed E-state index contributed by atoms with van der Waals surface area (Å²) in [7, 11) is 0. The van der Waals surface area contributed by atoms with Gasteiger partial charge in [-0.2, -0.15) is 5.11 Å². The number of nitrogens with one attached hydrogen (secondary N) is 3. The molecule has 4 heterocycles. The highest BCUT2D eigenvalue weighted by molar-refractivity contribution is 5.99. The highest BCUT2D eigenvalue weighted by Gasteiger charge is 2.43. The monoisotopic (exact) mass is 532 g/mol. The zero-order chi connectivity index (χ0) is 27.6. The van der Waals surface area contributed by atoms with E-state index in [4.69, 9.17) is 4.52 Å². The van der Waals surface area contributed by atoms with Crippen LogP contribution in [-0.4, -0.2) is 37.3 Å². The van der Waals surface area contributed by atoms with Crippen LogP contribution in [0.4, 0.5) is 26.5 Å². The summed E-state index contributed by atoms with van der Waals surface area (Å²) < 4.78 is 22.6. The van der Waals surface area contributed by atoms with Crippen molar-refractivity contribution in [1.82, 2.24) is 30.0 Å². The van der Waals surface area contributed by atoms with Crippen LogP contribution >= 0.6 is 0 Å². The van der Waals surface area contributed by atoms with Crippen LogP contribution < -0.4 is 16.0 Å². The van der Waals surface area contributed by atoms with E-state index in [1.54, 1.807) is 37.8 Å². The van der Waals surface area contributed by atoms with E-state index in [0.717, 1.165) is 13.0 Å². The molecule has 2 amide bonds. The number of aryl methyl sites for hydroxylation is 1. The zero-order valence-electron chi connectivity index (χ0n) is 22.1. The fourth-order valence-electron chi connectivity index (χ4n) is 4.30. The van der Waals surface area contributed by atoms with Gasteiger partial charge in [0, 0.05) is 47.9 Å². The lowest BCUT2D eigenvalue weighted by Gasteiger charge is -2.29. The van der Waals surface area contributed by atoms with Gasteiger partial charge in [0.2, 0.25) is 0 Å². The molecule has 13 heteroatoms. The molecule has 0 radical (unpaired) electrons. The first-order chi connectivity index (χ1) is 18.7. The number of carbonyl (C=O) groups excluding carboxylic acids is 1. The summed E-state index contributed by atoms with van der Waals surface area (Å²) in [4.78, 5) is 25.2. The molecule has 0 fully saturated rings. The highest BCUT2D eigenvalue weighted by Crippen LogP contribution is 2.44. The van der Waals surface area contributed by atoms with E-state index in [1.165, 1.54) is 12.4 Å². The van der Waals surface area contributed by atoms with Gasteiger partial charge in [0.25, 0.3) is 0 Å². The number of imidazole rings is 1. The van der Waals surface area contributed by atoms with Crippen molar-refractivity contribution in [3.63, 3.8) is 0 Å². The minimum absolute atomic E-state index is 0.227. The standard InChI is InChI=1S/C26H29FN10O2/c1-16-18(10-17(11-20(16)27)32-24(38)33-22-12-21(39-35-22)25(2,3)4)26(19-13-29-14-30-23(19)34-36-26)31-6-5-8-37-9-7-28-15-37/h7,9-15,31H,5-6,8H2,1-4H3,(H2,32,33,35,38). The largest absolute Gasteiger partial charge is 0.359 e. The summed E-state index contributed by atoms with van der Waals surface area (Å²) in [6.07, 6.45) is 9.10. The second-order valence-electron chi connectivity index (χ2n) is 10.3. The number of fused-ring (bicyclic) bond motifs is 1. The summed E-state index contributed by atoms with van der Waals surface area (Å²) >= 11 is 0. The number of azo groups is 1. The van der Waals surface area contributed by atoms with Gasteiger partial charge in [-0.05, 0) is 37.6 Å². The van der Waals surface area contributed by atoms with E-state index < -0.39 is 17.5 Å². The Labute approximate surface area is 224 Å². The van der Waals surface area contributed by atoms with Gasteiger partial charge < -0.3 is 14.4 Å². The lowest BCUT2D eigenvalue weighted by molar-refractivity contribution is 0.262. The molecule has 1 unspecified atom stereocenters. The number of anilines is 2. The van der Waals surface area contributed by atoms with E-state index in [2.05, 4.69) is 46.3 Å². The van der Waals surface area contributed by atoms with Crippen LogP contribution in [0.25, 0.3) is 0 Å². The maximum absolute atomic E-state index is 15.3. The van der Waals surface area contributed by atoms with Crippen molar-refractivity contribution in [1.29, 1.82) is 0 Å². The smallest absolute Gasteiger partial charge is 0.324 e. The molecule has 0 saturated heterocycles. The Bertz CT molecular complexity index is 1510. The third-order valence-electron chi connectivity index (χ3n) is 6.39. The summed E-state index contributed by atoms with van der Waals surface area (Å²) in [6.45, 7) is 8.82. The number of halogens is 1. The Morgan fingerprint density at radius 1 is 1.15 bits per heavy atom. The summed E-state index contributed by atoms with van der Waals surface area (Å²) in [5, 5.41) is 21.4. The third-order valence-corrected chi connectivity index (χ3v) is 6.39. The molecule has 4 aromatic rings. The van der Waals surface area contributed by atoms with Crippen molar-refractivity contribution in [2.75, 3.05) is 17.2 Å². The molecule has 39 heavy (non-hydrogen) atoms. The Morgan fingerprint density at radius 3 is 2.74 bits per heavy atom. The quantitative estimate of drug-likeness (QED) is 0.270. The molecule has 3 N–H and O–H groups in total. The molecule has 5 rings (SSSR count). The van der Waals surface area contributed by atoms with E-state index in [9.17, 15) is 4.79 Å². The fraction of sp³-hybridized carbons (Fsp3) is 0.346. The van der Waals surface area contributed by atoms with Crippen molar-refractivity contribution >= 4 is 23.4 Å². The maximum Gasteiger partial charge on any atom is 0.324 e. The predicted molar refractivity (Wildman–Crippen MR) is 141 cm³/mol. The Morgan fingerprint density at radius 2 is 2.00 bits per heavy atom. The van der Waals surface area contributed by atoms with Gasteiger partial charge in [0.05, 0.1) is 11.9 Å². The van der Waals surface area contributed by atoms with Gasteiger partial charge in [-0.25, -0.2) is 24.1 Å². The number of urea groups is 1. The van der Waals surface area contributed by atoms with Crippen molar-refractivity contribution in [3.8, 4) is 0 Å². The maximum atomic E-state index is 15.3. The topological polar surface area (TPSA) is 148 Å².